The molecule has 5 aromatic rings. The molecule has 1 aliphatic rings. The van der Waals surface area contributed by atoms with E-state index in [1.165, 1.54) is 23.1 Å². The molecule has 4 heterocycles. The number of aromatic nitrogens is 4. The topological polar surface area (TPSA) is 97.2 Å². The van der Waals surface area contributed by atoms with Crippen molar-refractivity contribution >= 4 is 50.5 Å². The monoisotopic (exact) mass is 523 g/mol. The number of rotatable bonds is 8. The molecule has 1 unspecified atom stereocenters. The fourth-order valence-corrected chi connectivity index (χ4v) is 5.25. The van der Waals surface area contributed by atoms with Gasteiger partial charge in [0.1, 0.15) is 10.4 Å². The number of carbonyl (C=O) groups excluding carboxylic acids is 1. The van der Waals surface area contributed by atoms with Crippen molar-refractivity contribution in [1.82, 2.24) is 19.5 Å². The molecular weight excluding hydrogens is 498 g/mol. The van der Waals surface area contributed by atoms with Gasteiger partial charge in [0.25, 0.3) is 0 Å². The van der Waals surface area contributed by atoms with Crippen molar-refractivity contribution in [3.8, 4) is 11.6 Å². The van der Waals surface area contributed by atoms with Gasteiger partial charge in [0.05, 0.1) is 17.9 Å². The van der Waals surface area contributed by atoms with Gasteiger partial charge in [-0.2, -0.15) is 4.98 Å². The lowest BCUT2D eigenvalue weighted by atomic mass is 10.2. The van der Waals surface area contributed by atoms with E-state index in [2.05, 4.69) is 53.8 Å². The first-order chi connectivity index (χ1) is 18.6. The van der Waals surface area contributed by atoms with Crippen LogP contribution < -0.4 is 20.3 Å². The van der Waals surface area contributed by atoms with E-state index in [0.717, 1.165) is 35.4 Å². The van der Waals surface area contributed by atoms with Gasteiger partial charge in [-0.05, 0) is 60.3 Å². The molecule has 1 fully saturated rings. The average molecular weight is 524 g/mol. The van der Waals surface area contributed by atoms with Crippen molar-refractivity contribution in [2.75, 3.05) is 28.6 Å². The Morgan fingerprint density at radius 3 is 2.84 bits per heavy atom. The Bertz CT molecular complexity index is 1580. The molecule has 1 amide bonds. The van der Waals surface area contributed by atoms with Gasteiger partial charge in [0, 0.05) is 48.6 Å². The van der Waals surface area contributed by atoms with Gasteiger partial charge in [-0.15, -0.1) is 11.3 Å². The van der Waals surface area contributed by atoms with Crippen LogP contribution in [0.25, 0.3) is 10.2 Å². The maximum atomic E-state index is 11.7. The van der Waals surface area contributed by atoms with E-state index in [1.54, 1.807) is 18.2 Å². The number of benzene rings is 2. The molecule has 2 N–H and O–H groups in total. The van der Waals surface area contributed by atoms with E-state index in [0.29, 0.717) is 29.3 Å². The second-order valence-electron chi connectivity index (χ2n) is 8.88. The number of ether oxygens (including phenoxy) is 1. The van der Waals surface area contributed by atoms with Crippen LogP contribution in [0.15, 0.2) is 91.4 Å². The summed E-state index contributed by atoms with van der Waals surface area (Å²) in [6, 6.07) is 17.8. The molecule has 6 rings (SSSR count). The summed E-state index contributed by atoms with van der Waals surface area (Å²) in [4.78, 5) is 27.5. The molecule has 1 atom stereocenters. The van der Waals surface area contributed by atoms with Crippen molar-refractivity contribution in [1.29, 1.82) is 0 Å². The van der Waals surface area contributed by atoms with Crippen molar-refractivity contribution in [2.45, 2.75) is 12.5 Å². The number of anilines is 4. The maximum Gasteiger partial charge on any atom is 0.247 e. The van der Waals surface area contributed by atoms with Crippen LogP contribution in [0, 0.1) is 0 Å². The van der Waals surface area contributed by atoms with Crippen molar-refractivity contribution in [3.63, 3.8) is 0 Å². The number of carbonyl (C=O) groups is 1. The lowest BCUT2D eigenvalue weighted by molar-refractivity contribution is -0.111. The Labute approximate surface area is 223 Å². The molecule has 3 aromatic heterocycles. The molecule has 0 aliphatic carbocycles. The molecule has 38 heavy (non-hydrogen) atoms. The fourth-order valence-electron chi connectivity index (χ4n) is 4.49. The predicted molar refractivity (Wildman–Crippen MR) is 151 cm³/mol. The Kier molecular flexibility index (Phi) is 6.45. The van der Waals surface area contributed by atoms with Crippen LogP contribution in [0.4, 0.5) is 23.0 Å². The zero-order valence-corrected chi connectivity index (χ0v) is 21.3. The summed E-state index contributed by atoms with van der Waals surface area (Å²) in [5.41, 5.74) is 3.46. The summed E-state index contributed by atoms with van der Waals surface area (Å²) in [7, 11) is 0. The molecule has 9 nitrogen and oxygen atoms in total. The van der Waals surface area contributed by atoms with Crippen molar-refractivity contribution < 1.29 is 9.53 Å². The van der Waals surface area contributed by atoms with Crippen LogP contribution in [0.5, 0.6) is 11.6 Å². The number of nitrogens with one attached hydrogen (secondary N) is 2. The van der Waals surface area contributed by atoms with E-state index < -0.39 is 0 Å². The summed E-state index contributed by atoms with van der Waals surface area (Å²) in [5.74, 6) is 1.15. The third-order valence-corrected chi connectivity index (χ3v) is 7.26. The zero-order chi connectivity index (χ0) is 25.9. The van der Waals surface area contributed by atoms with Crippen LogP contribution in [-0.2, 0) is 4.79 Å². The number of imidazole rings is 1. The molecule has 2 aromatic carbocycles. The lowest BCUT2D eigenvalue weighted by Gasteiger charge is -2.19. The highest BCUT2D eigenvalue weighted by molar-refractivity contribution is 7.17. The van der Waals surface area contributed by atoms with Gasteiger partial charge < -0.3 is 24.8 Å². The standard InChI is InChI=1S/C28H25N7O2S/c1-2-25(36)30-20-4-3-5-23(16-20)37-27-26-24(11-15-38-26)32-28(33-27)31-19-6-8-21(9-7-19)34-13-10-22(17-34)35-14-12-29-18-35/h2-9,11-12,14-16,18,22H,1,10,13,17H2,(H,30,36)(H,31,32,33). The van der Waals surface area contributed by atoms with Crippen molar-refractivity contribution in [3.05, 3.63) is 91.4 Å². The van der Waals surface area contributed by atoms with Gasteiger partial charge in [0.2, 0.25) is 17.7 Å². The minimum atomic E-state index is -0.287. The first-order valence-corrected chi connectivity index (χ1v) is 13.1. The third kappa shape index (κ3) is 5.07. The minimum Gasteiger partial charge on any atom is -0.437 e. The molecular formula is C28H25N7O2S. The molecule has 10 heteroatoms. The molecule has 1 aliphatic heterocycles. The fraction of sp³-hybridized carbons (Fsp3) is 0.143. The van der Waals surface area contributed by atoms with Crippen LogP contribution in [0.1, 0.15) is 12.5 Å². The van der Waals surface area contributed by atoms with E-state index in [1.807, 2.05) is 48.4 Å². The lowest BCUT2D eigenvalue weighted by Crippen LogP contribution is -2.20. The Morgan fingerprint density at radius 1 is 1.13 bits per heavy atom. The van der Waals surface area contributed by atoms with Crippen molar-refractivity contribution in [2.24, 2.45) is 0 Å². The second kappa shape index (κ2) is 10.3. The maximum absolute atomic E-state index is 11.7. The molecule has 190 valence electrons. The SMILES string of the molecule is C=CC(=O)Nc1cccc(Oc2nc(Nc3ccc(N4CCC(n5ccnc5)C4)cc3)nc3ccsc23)c1. The number of nitrogens with zero attached hydrogens (tertiary/aromatic N) is 5. The smallest absolute Gasteiger partial charge is 0.247 e. The summed E-state index contributed by atoms with van der Waals surface area (Å²) in [5, 5.41) is 8.01. The Balaban J connectivity index is 1.18. The van der Waals surface area contributed by atoms with Gasteiger partial charge >= 0.3 is 0 Å². The molecule has 0 bridgehead atoms. The average Bonchev–Trinajstić information content (AvgIpc) is 3.71. The number of thiophene rings is 1. The molecule has 0 spiro atoms. The zero-order valence-electron chi connectivity index (χ0n) is 20.4. The number of amides is 1. The van der Waals surface area contributed by atoms with Crippen LogP contribution >= 0.6 is 11.3 Å². The minimum absolute atomic E-state index is 0.287. The second-order valence-corrected chi connectivity index (χ2v) is 9.80. The van der Waals surface area contributed by atoms with E-state index >= 15 is 0 Å². The number of fused-ring (bicyclic) bond motifs is 1. The number of hydrogen-bond acceptors (Lipinski definition) is 8. The van der Waals surface area contributed by atoms with E-state index in [9.17, 15) is 4.79 Å². The summed E-state index contributed by atoms with van der Waals surface area (Å²) in [6.07, 6.45) is 8.07. The number of hydrogen-bond donors (Lipinski definition) is 2. The Hall–Kier alpha value is -4.70. The van der Waals surface area contributed by atoms with Gasteiger partial charge in [-0.25, -0.2) is 9.97 Å². The van der Waals surface area contributed by atoms with Crippen LogP contribution in [0.3, 0.4) is 0 Å². The highest BCUT2D eigenvalue weighted by atomic mass is 32.1. The summed E-state index contributed by atoms with van der Waals surface area (Å²) in [6.45, 7) is 5.45. The summed E-state index contributed by atoms with van der Waals surface area (Å²) >= 11 is 1.51. The Morgan fingerprint density at radius 2 is 2.03 bits per heavy atom. The highest BCUT2D eigenvalue weighted by Gasteiger charge is 2.23. The molecule has 0 saturated carbocycles. The highest BCUT2D eigenvalue weighted by Crippen LogP contribution is 2.34. The quantitative estimate of drug-likeness (QED) is 0.241. The van der Waals surface area contributed by atoms with Crippen LogP contribution in [-0.4, -0.2) is 38.5 Å². The normalized spacial score (nSPS) is 14.9. The molecule has 0 radical (unpaired) electrons. The van der Waals surface area contributed by atoms with Crippen LogP contribution in [0.2, 0.25) is 0 Å². The van der Waals surface area contributed by atoms with Gasteiger partial charge in [-0.1, -0.05) is 12.6 Å². The van der Waals surface area contributed by atoms with Gasteiger partial charge in [0.15, 0.2) is 0 Å². The summed E-state index contributed by atoms with van der Waals surface area (Å²) < 4.78 is 9.16. The van der Waals surface area contributed by atoms with E-state index in [-0.39, 0.29) is 5.91 Å². The largest absolute Gasteiger partial charge is 0.437 e. The third-order valence-electron chi connectivity index (χ3n) is 6.37. The van der Waals surface area contributed by atoms with E-state index in [4.69, 9.17) is 4.74 Å². The molecule has 1 saturated heterocycles. The predicted octanol–water partition coefficient (Wildman–Crippen LogP) is 6.00. The first-order valence-electron chi connectivity index (χ1n) is 12.2. The first kappa shape index (κ1) is 23.7. The van der Waals surface area contributed by atoms with Gasteiger partial charge in [-0.3, -0.25) is 4.79 Å².